The molecule has 1 fully saturated rings. The molecule has 4 rings (SSSR count). The predicted octanol–water partition coefficient (Wildman–Crippen LogP) is 2.65. The Morgan fingerprint density at radius 3 is 2.92 bits per heavy atom. The van der Waals surface area contributed by atoms with Gasteiger partial charge in [0.1, 0.15) is 5.75 Å². The number of nitrogens with zero attached hydrogens (tertiary/aromatic N) is 3. The molecule has 1 amide bonds. The number of likely N-dealkylation sites (tertiary alicyclic amines) is 1. The van der Waals surface area contributed by atoms with E-state index < -0.39 is 0 Å². The van der Waals surface area contributed by atoms with Crippen molar-refractivity contribution in [1.82, 2.24) is 14.7 Å². The minimum atomic E-state index is 0.0801. The minimum absolute atomic E-state index is 0.0801. The minimum Gasteiger partial charge on any atom is -0.497 e. The number of amides is 1. The molecule has 0 aliphatic carbocycles. The van der Waals surface area contributed by atoms with Crippen molar-refractivity contribution < 1.29 is 9.53 Å². The van der Waals surface area contributed by atoms with E-state index in [0.717, 1.165) is 42.0 Å². The monoisotopic (exact) mass is 326 g/mol. The van der Waals surface area contributed by atoms with Gasteiger partial charge in [-0.1, -0.05) is 0 Å². The summed E-state index contributed by atoms with van der Waals surface area (Å²) in [4.78, 5) is 14.4. The normalized spacial score (nSPS) is 23.1. The number of benzene rings is 1. The molecular weight excluding hydrogens is 304 g/mol. The molecule has 2 aliphatic rings. The first-order chi connectivity index (χ1) is 11.7. The number of aromatic nitrogens is 2. The molecule has 126 valence electrons. The van der Waals surface area contributed by atoms with E-state index in [4.69, 9.17) is 4.74 Å². The number of hydrogen-bond acceptors (Lipinski definition) is 4. The number of aryl methyl sites for hydroxylation is 1. The molecule has 24 heavy (non-hydrogen) atoms. The molecule has 2 aliphatic heterocycles. The number of fused-ring (bicyclic) bond motifs is 1. The molecule has 6 heteroatoms. The zero-order valence-electron chi connectivity index (χ0n) is 14.0. The summed E-state index contributed by atoms with van der Waals surface area (Å²) in [5.74, 6) is 1.08. The summed E-state index contributed by atoms with van der Waals surface area (Å²) in [6.45, 7) is 0.833. The van der Waals surface area contributed by atoms with Crippen LogP contribution in [0.1, 0.15) is 42.5 Å². The van der Waals surface area contributed by atoms with Crippen molar-refractivity contribution in [2.24, 2.45) is 7.05 Å². The molecule has 2 atom stereocenters. The Morgan fingerprint density at radius 1 is 1.38 bits per heavy atom. The zero-order valence-corrected chi connectivity index (χ0v) is 14.0. The molecule has 1 N–H and O–H groups in total. The molecular formula is C18H22N4O2. The van der Waals surface area contributed by atoms with Crippen LogP contribution < -0.4 is 10.1 Å². The van der Waals surface area contributed by atoms with E-state index in [1.54, 1.807) is 7.11 Å². The molecule has 0 bridgehead atoms. The van der Waals surface area contributed by atoms with E-state index >= 15 is 0 Å². The fourth-order valence-corrected chi connectivity index (χ4v) is 3.80. The second-order valence-electron chi connectivity index (χ2n) is 6.54. The number of carbonyl (C=O) groups excluding carboxylic acids is 1. The Hall–Kier alpha value is -2.50. The number of rotatable bonds is 3. The van der Waals surface area contributed by atoms with Crippen LogP contribution in [-0.4, -0.2) is 34.2 Å². The first-order valence-electron chi connectivity index (χ1n) is 8.38. The van der Waals surface area contributed by atoms with E-state index in [1.165, 1.54) is 0 Å². The van der Waals surface area contributed by atoms with Crippen LogP contribution in [-0.2, 0) is 11.8 Å². The van der Waals surface area contributed by atoms with Crippen LogP contribution >= 0.6 is 0 Å². The van der Waals surface area contributed by atoms with Crippen LogP contribution in [0.15, 0.2) is 30.6 Å². The zero-order chi connectivity index (χ0) is 16.7. The van der Waals surface area contributed by atoms with Crippen LogP contribution in [0.4, 0.5) is 5.69 Å². The van der Waals surface area contributed by atoms with Crippen molar-refractivity contribution in [3.8, 4) is 5.75 Å². The lowest BCUT2D eigenvalue weighted by Crippen LogP contribution is -2.35. The lowest BCUT2D eigenvalue weighted by atomic mass is 9.89. The van der Waals surface area contributed by atoms with Crippen molar-refractivity contribution >= 4 is 11.6 Å². The Morgan fingerprint density at radius 2 is 2.25 bits per heavy atom. The van der Waals surface area contributed by atoms with Gasteiger partial charge in [-0.2, -0.15) is 5.10 Å². The maximum absolute atomic E-state index is 12.3. The summed E-state index contributed by atoms with van der Waals surface area (Å²) in [7, 11) is 3.60. The van der Waals surface area contributed by atoms with E-state index in [9.17, 15) is 4.79 Å². The standard InChI is InChI=1S/C18H22N4O2/c1-21-11-12(10-19-21)16-9-17(22-7-3-4-18(22)23)14-8-13(24-2)5-6-15(14)20-16/h5-6,8,10-11,16-17,20H,3-4,7,9H2,1-2H3/t16-,17-/m0/s1. The van der Waals surface area contributed by atoms with Gasteiger partial charge in [-0.05, 0) is 31.0 Å². The predicted molar refractivity (Wildman–Crippen MR) is 90.9 cm³/mol. The van der Waals surface area contributed by atoms with E-state index in [1.807, 2.05) is 41.2 Å². The van der Waals surface area contributed by atoms with Crippen LogP contribution in [0.5, 0.6) is 5.75 Å². The first-order valence-corrected chi connectivity index (χ1v) is 8.38. The highest BCUT2D eigenvalue weighted by atomic mass is 16.5. The Kier molecular flexibility index (Phi) is 3.67. The topological polar surface area (TPSA) is 59.4 Å². The summed E-state index contributed by atoms with van der Waals surface area (Å²) in [6.07, 6.45) is 6.38. The molecule has 2 aromatic rings. The van der Waals surface area contributed by atoms with Crippen LogP contribution in [0.2, 0.25) is 0 Å². The Bertz CT molecular complexity index is 770. The summed E-state index contributed by atoms with van der Waals surface area (Å²) in [6, 6.07) is 6.29. The second-order valence-corrected chi connectivity index (χ2v) is 6.54. The molecule has 0 saturated carbocycles. The van der Waals surface area contributed by atoms with E-state index in [-0.39, 0.29) is 18.0 Å². The van der Waals surface area contributed by atoms with Crippen LogP contribution in [0.3, 0.4) is 0 Å². The molecule has 0 radical (unpaired) electrons. The van der Waals surface area contributed by atoms with Crippen LogP contribution in [0.25, 0.3) is 0 Å². The largest absolute Gasteiger partial charge is 0.497 e. The quantitative estimate of drug-likeness (QED) is 0.942. The van der Waals surface area contributed by atoms with Gasteiger partial charge in [-0.15, -0.1) is 0 Å². The van der Waals surface area contributed by atoms with Gasteiger partial charge in [0.05, 0.1) is 25.4 Å². The van der Waals surface area contributed by atoms with Gasteiger partial charge in [0, 0.05) is 43.0 Å². The fraction of sp³-hybridized carbons (Fsp3) is 0.444. The van der Waals surface area contributed by atoms with Gasteiger partial charge >= 0.3 is 0 Å². The van der Waals surface area contributed by atoms with Gasteiger partial charge < -0.3 is 15.0 Å². The van der Waals surface area contributed by atoms with Crippen molar-refractivity contribution in [3.63, 3.8) is 0 Å². The molecule has 6 nitrogen and oxygen atoms in total. The molecule has 1 aromatic carbocycles. The fourth-order valence-electron chi connectivity index (χ4n) is 3.80. The number of nitrogens with one attached hydrogen (secondary N) is 1. The van der Waals surface area contributed by atoms with Gasteiger partial charge in [-0.25, -0.2) is 0 Å². The molecule has 0 unspecified atom stereocenters. The summed E-state index contributed by atoms with van der Waals surface area (Å²) >= 11 is 0. The number of anilines is 1. The molecule has 1 aromatic heterocycles. The lowest BCUT2D eigenvalue weighted by molar-refractivity contribution is -0.130. The third kappa shape index (κ3) is 2.52. The second kappa shape index (κ2) is 5.85. The summed E-state index contributed by atoms with van der Waals surface area (Å²) in [5, 5.41) is 7.89. The number of hydrogen-bond donors (Lipinski definition) is 1. The van der Waals surface area contributed by atoms with Gasteiger partial charge in [0.15, 0.2) is 0 Å². The first kappa shape index (κ1) is 15.1. The number of carbonyl (C=O) groups is 1. The maximum Gasteiger partial charge on any atom is 0.223 e. The number of ether oxygens (including phenoxy) is 1. The SMILES string of the molecule is COc1ccc2c(c1)[C@@H](N1CCCC1=O)C[C@@H](c1cnn(C)c1)N2. The van der Waals surface area contributed by atoms with Crippen molar-refractivity contribution in [1.29, 1.82) is 0 Å². The number of methoxy groups -OCH3 is 1. The molecule has 0 spiro atoms. The summed E-state index contributed by atoms with van der Waals surface area (Å²) in [5.41, 5.74) is 3.36. The third-order valence-corrected chi connectivity index (χ3v) is 5.02. The van der Waals surface area contributed by atoms with Crippen molar-refractivity contribution in [3.05, 3.63) is 41.7 Å². The van der Waals surface area contributed by atoms with Crippen LogP contribution in [0, 0.1) is 0 Å². The highest BCUT2D eigenvalue weighted by Gasteiger charge is 2.36. The van der Waals surface area contributed by atoms with Crippen molar-refractivity contribution in [2.75, 3.05) is 19.0 Å². The Balaban J connectivity index is 1.74. The van der Waals surface area contributed by atoms with Crippen molar-refractivity contribution in [2.45, 2.75) is 31.3 Å². The van der Waals surface area contributed by atoms with E-state index in [2.05, 4.69) is 16.5 Å². The van der Waals surface area contributed by atoms with Gasteiger partial charge in [0.2, 0.25) is 5.91 Å². The third-order valence-electron chi connectivity index (χ3n) is 5.02. The van der Waals surface area contributed by atoms with E-state index in [0.29, 0.717) is 6.42 Å². The lowest BCUT2D eigenvalue weighted by Gasteiger charge is -2.38. The molecule has 1 saturated heterocycles. The smallest absolute Gasteiger partial charge is 0.223 e. The average Bonchev–Trinajstić information content (AvgIpc) is 3.21. The highest BCUT2D eigenvalue weighted by Crippen LogP contribution is 2.44. The Labute approximate surface area is 141 Å². The maximum atomic E-state index is 12.3. The molecule has 3 heterocycles. The van der Waals surface area contributed by atoms with Gasteiger partial charge in [0.25, 0.3) is 0 Å². The highest BCUT2D eigenvalue weighted by molar-refractivity contribution is 5.79. The van der Waals surface area contributed by atoms with Gasteiger partial charge in [-0.3, -0.25) is 9.48 Å². The average molecular weight is 326 g/mol. The summed E-state index contributed by atoms with van der Waals surface area (Å²) < 4.78 is 7.20.